The second-order valence-electron chi connectivity index (χ2n) is 23.7. The number of rotatable bonds is 15. The van der Waals surface area contributed by atoms with E-state index in [4.69, 9.17) is 52.1 Å². The van der Waals surface area contributed by atoms with E-state index in [0.717, 1.165) is 0 Å². The third kappa shape index (κ3) is 14.5. The number of hydrogen-bond donors (Lipinski definition) is 23. The van der Waals surface area contributed by atoms with Crippen molar-refractivity contribution in [3.63, 3.8) is 0 Å². The van der Waals surface area contributed by atoms with E-state index in [2.05, 4.69) is 0 Å². The molecule has 0 amide bonds. The second-order valence-corrected chi connectivity index (χ2v) is 23.7. The molecule has 8 atom stereocenters. The summed E-state index contributed by atoms with van der Waals surface area (Å²) >= 11 is 0. The third-order valence-corrected chi connectivity index (χ3v) is 16.6. The van der Waals surface area contributed by atoms with Crippen LogP contribution in [0.15, 0.2) is 78.9 Å². The van der Waals surface area contributed by atoms with Gasteiger partial charge in [-0.25, -0.2) is 38.4 Å². The van der Waals surface area contributed by atoms with Crippen molar-refractivity contribution in [2.75, 3.05) is 13.2 Å². The highest BCUT2D eigenvalue weighted by atomic mass is 16.8. The highest BCUT2D eigenvalue weighted by Crippen LogP contribution is 2.56. The molecule has 42 nitrogen and oxygen atoms in total. The second kappa shape index (κ2) is 29.3. The number of benzene rings is 8. The summed E-state index contributed by atoms with van der Waals surface area (Å²) in [6.07, 6.45) is -19.7. The Labute approximate surface area is 607 Å². The van der Waals surface area contributed by atoms with E-state index in [0.29, 0.717) is 72.8 Å². The predicted molar refractivity (Wildman–Crippen MR) is 344 cm³/mol. The number of carbonyl (C=O) groups excluding carboxylic acids is 8. The van der Waals surface area contributed by atoms with Crippen LogP contribution in [0.1, 0.15) is 95.7 Å². The lowest BCUT2D eigenvalue weighted by atomic mass is 9.92. The zero-order valence-electron chi connectivity index (χ0n) is 54.5. The van der Waals surface area contributed by atoms with Crippen LogP contribution in [-0.2, 0) is 47.4 Å². The molecule has 0 bridgehead atoms. The fourth-order valence-corrected chi connectivity index (χ4v) is 11.1. The summed E-state index contributed by atoms with van der Waals surface area (Å²) in [5.41, 5.74) is -10.4. The molecule has 0 unspecified atom stereocenters. The number of phenolic OH excluding ortho intramolecular Hbond substituents is 23. The smallest absolute Gasteiger partial charge is 0.342 e. The SMILES string of the molecule is O=C(OC[C@H]1O[C@@H](OC(=O)c2cc(O)c(O)c(O)c2)[C@H](OC(=O)c2cc(O)c(O)c(O)c2)[C@@H](OC(=O)c2cc(O)c(O)c(O)c2)[C@@H]1OC(=O)c1cc(O)c(O)c(O)c1Oc1cc2c(c(O)c1O)-c1c(cc(O)c(O)c1O)C(=O)O[C@H]1CC[C@H](OC(=O)c3cc(O)c(O)c(O)c3)O[C@@H]1COC2=O)c1cc(O)c(O)c(O)c1. The average molecular weight is 1540 g/mol. The molecular weight excluding hydrogens is 1490 g/mol. The van der Waals surface area contributed by atoms with E-state index in [1.807, 2.05) is 0 Å². The molecule has 2 fully saturated rings. The molecule has 0 spiro atoms. The topological polar surface area (TPSA) is 703 Å². The van der Waals surface area contributed by atoms with Gasteiger partial charge in [0.15, 0.2) is 133 Å². The molecule has 0 saturated carbocycles. The Bertz CT molecular complexity index is 5080. The van der Waals surface area contributed by atoms with E-state index < -0.39 is 310 Å². The van der Waals surface area contributed by atoms with E-state index in [9.17, 15) is 151 Å². The van der Waals surface area contributed by atoms with Crippen LogP contribution in [0.4, 0.5) is 0 Å². The highest BCUT2D eigenvalue weighted by Gasteiger charge is 2.56. The maximum atomic E-state index is 15.4. The Morgan fingerprint density at radius 3 is 1.20 bits per heavy atom. The molecule has 8 aromatic rings. The minimum Gasteiger partial charge on any atom is -0.504 e. The van der Waals surface area contributed by atoms with Gasteiger partial charge in [-0.2, -0.15) is 0 Å². The lowest BCUT2D eigenvalue weighted by Gasteiger charge is -2.44. The van der Waals surface area contributed by atoms with Crippen molar-refractivity contribution in [2.45, 2.75) is 62.0 Å². The summed E-state index contributed by atoms with van der Waals surface area (Å²) < 4.78 is 62.1. The molecular formula is C68H52O42. The highest BCUT2D eigenvalue weighted by molar-refractivity contribution is 6.09. The van der Waals surface area contributed by atoms with Gasteiger partial charge in [0.05, 0.1) is 38.9 Å². The minimum atomic E-state index is -2.92. The number of hydrogen-bond acceptors (Lipinski definition) is 42. The van der Waals surface area contributed by atoms with Crippen LogP contribution in [-0.4, -0.2) is 228 Å². The van der Waals surface area contributed by atoms with Gasteiger partial charge in [0, 0.05) is 29.7 Å². The number of aromatic hydroxyl groups is 23. The van der Waals surface area contributed by atoms with E-state index in [1.165, 1.54) is 0 Å². The monoisotopic (exact) mass is 1540 g/mol. The molecule has 2 saturated heterocycles. The molecule has 0 aliphatic carbocycles. The fraction of sp³-hybridized carbons (Fsp3) is 0.176. The van der Waals surface area contributed by atoms with Gasteiger partial charge in [-0.1, -0.05) is 0 Å². The van der Waals surface area contributed by atoms with Gasteiger partial charge < -0.3 is 170 Å². The summed E-state index contributed by atoms with van der Waals surface area (Å²) in [6, 6.07) is 5.92. The molecule has 8 aromatic carbocycles. The van der Waals surface area contributed by atoms with Gasteiger partial charge in [0.2, 0.25) is 41.7 Å². The van der Waals surface area contributed by atoms with Crippen LogP contribution in [0.3, 0.4) is 0 Å². The first-order valence-corrected chi connectivity index (χ1v) is 30.8. The Hall–Kier alpha value is -15.4. The summed E-state index contributed by atoms with van der Waals surface area (Å²) in [6.45, 7) is -2.62. The first kappa shape index (κ1) is 75.8. The Morgan fingerprint density at radius 1 is 0.345 bits per heavy atom. The number of carbonyl (C=O) groups is 8. The summed E-state index contributed by atoms with van der Waals surface area (Å²) in [5.74, 6) is -47.4. The van der Waals surface area contributed by atoms with Crippen molar-refractivity contribution in [3.05, 3.63) is 123 Å². The zero-order valence-corrected chi connectivity index (χ0v) is 54.5. The van der Waals surface area contributed by atoms with E-state index in [1.54, 1.807) is 0 Å². The first-order valence-electron chi connectivity index (χ1n) is 30.8. The molecule has 110 heavy (non-hydrogen) atoms. The zero-order chi connectivity index (χ0) is 80.2. The van der Waals surface area contributed by atoms with Crippen molar-refractivity contribution in [1.29, 1.82) is 0 Å². The lowest BCUT2D eigenvalue weighted by Crippen LogP contribution is -2.63. The molecule has 0 radical (unpaired) electrons. The van der Waals surface area contributed by atoms with Gasteiger partial charge in [0.25, 0.3) is 0 Å². The van der Waals surface area contributed by atoms with Gasteiger partial charge in [-0.05, 0) is 73.2 Å². The number of fused-ring (bicyclic) bond motifs is 4. The lowest BCUT2D eigenvalue weighted by molar-refractivity contribution is -0.282. The maximum absolute atomic E-state index is 15.4. The summed E-state index contributed by atoms with van der Waals surface area (Å²) in [7, 11) is 0. The standard InChI is InChI=1S/C68H52O42/c69-26-3-18(4-27(70)45(26)81)60(92)100-17-41-57(58(108-62(94)20-7-30(73)47(83)31(74)8-20)59(109-63(95)21-9-32(75)48(84)33(76)10-21)68(105-41)110-64(96)22-11-34(77)49(85)35(78)12-22)107-67(99)25-14-37(80)51(87)55(91)56(25)103-39-15-24-44(54(90)52(39)88)43-23(13-36(79)50(86)53(43)89)66(98)104-38-1-2-42(102-40(38)16-101-65(24)97)106-61(93)19-5-28(71)46(82)29(72)6-19/h3-15,38,40-42,57-59,68-91H,1-2,16-17H2/t38-,40+,41+,42-,57+,58-,59+,68-/m0/s1. The van der Waals surface area contributed by atoms with Gasteiger partial charge in [0.1, 0.15) is 37.1 Å². The number of phenols is 23. The van der Waals surface area contributed by atoms with Crippen molar-refractivity contribution in [3.8, 4) is 155 Å². The van der Waals surface area contributed by atoms with Crippen molar-refractivity contribution in [2.24, 2.45) is 0 Å². The third-order valence-electron chi connectivity index (χ3n) is 16.6. The van der Waals surface area contributed by atoms with Crippen LogP contribution in [0.5, 0.6) is 144 Å². The van der Waals surface area contributed by atoms with Crippen LogP contribution in [0.2, 0.25) is 0 Å². The molecule has 42 heteroatoms. The molecule has 3 heterocycles. The fourth-order valence-electron chi connectivity index (χ4n) is 11.1. The first-order chi connectivity index (χ1) is 51.8. The van der Waals surface area contributed by atoms with Crippen molar-refractivity contribution >= 4 is 47.8 Å². The molecule has 3 aliphatic heterocycles. The average Bonchev–Trinajstić information content (AvgIpc) is 0.978. The largest absolute Gasteiger partial charge is 0.504 e. The quantitative estimate of drug-likeness (QED) is 0.0394. The predicted octanol–water partition coefficient (Wildman–Crippen LogP) is 3.85. The Morgan fingerprint density at radius 2 is 0.727 bits per heavy atom. The maximum Gasteiger partial charge on any atom is 0.342 e. The molecule has 576 valence electrons. The van der Waals surface area contributed by atoms with Crippen molar-refractivity contribution in [1.82, 2.24) is 0 Å². The van der Waals surface area contributed by atoms with Crippen molar-refractivity contribution < 1.29 is 208 Å². The summed E-state index contributed by atoms with van der Waals surface area (Å²) in [4.78, 5) is 115. The van der Waals surface area contributed by atoms with E-state index >= 15 is 4.79 Å². The van der Waals surface area contributed by atoms with Crippen LogP contribution < -0.4 is 4.74 Å². The number of ether oxygens (including phenoxy) is 11. The van der Waals surface area contributed by atoms with Gasteiger partial charge in [-0.15, -0.1) is 0 Å². The van der Waals surface area contributed by atoms with Crippen LogP contribution in [0.25, 0.3) is 11.1 Å². The molecule has 23 N–H and O–H groups in total. The number of cyclic esters (lactones) is 1. The molecule has 11 rings (SSSR count). The summed E-state index contributed by atoms with van der Waals surface area (Å²) in [5, 5.41) is 244. The normalized spacial score (nSPS) is 18.7. The minimum absolute atomic E-state index is 0.168. The van der Waals surface area contributed by atoms with Crippen LogP contribution >= 0.6 is 0 Å². The molecule has 3 aliphatic rings. The van der Waals surface area contributed by atoms with E-state index in [-0.39, 0.29) is 18.9 Å². The van der Waals surface area contributed by atoms with Gasteiger partial charge >= 0.3 is 47.8 Å². The Balaban J connectivity index is 1.04. The van der Waals surface area contributed by atoms with Gasteiger partial charge in [-0.3, -0.25) is 0 Å². The number of esters is 8. The van der Waals surface area contributed by atoms with Crippen LogP contribution in [0, 0.1) is 0 Å². The molecule has 0 aromatic heterocycles. The Kier molecular flexibility index (Phi) is 20.2.